The number of hydrogen-bond donors (Lipinski definition) is 0. The molecule has 4 heteroatoms. The number of carbonyl (C=O) groups is 2. The summed E-state index contributed by atoms with van der Waals surface area (Å²) in [5.74, 6) is 0.142. The van der Waals surface area contributed by atoms with Crippen LogP contribution in [0.4, 0.5) is 0 Å². The van der Waals surface area contributed by atoms with Crippen LogP contribution in [0, 0.1) is 0 Å². The standard InChI is InChI=1S/C30H30N2O2/c1-3-27-9-5-7-19-31(27)29(33)21-23-11-15-25(16-12-23)26-17-13-24(14-18-26)22-30(34)32-20-8-6-10-28(32)4-2/h5-20H,3-4,21-22H2,1-2H3/q+2. The Morgan fingerprint density at radius 3 is 1.29 bits per heavy atom. The molecule has 2 aromatic heterocycles. The van der Waals surface area contributed by atoms with Crippen LogP contribution in [-0.4, -0.2) is 11.8 Å². The molecule has 4 nitrogen and oxygen atoms in total. The van der Waals surface area contributed by atoms with Gasteiger partial charge in [0.2, 0.25) is 0 Å². The summed E-state index contributed by atoms with van der Waals surface area (Å²) >= 11 is 0. The molecule has 2 heterocycles. The maximum atomic E-state index is 12.8. The van der Waals surface area contributed by atoms with Gasteiger partial charge in [0.25, 0.3) is 0 Å². The molecule has 0 N–H and O–H groups in total. The predicted octanol–water partition coefficient (Wildman–Crippen LogP) is 4.82. The molecule has 0 aliphatic rings. The smallest absolute Gasteiger partial charge is 0.219 e. The summed E-state index contributed by atoms with van der Waals surface area (Å²) in [5.41, 5.74) is 6.17. The summed E-state index contributed by atoms with van der Waals surface area (Å²) in [7, 11) is 0. The van der Waals surface area contributed by atoms with Crippen LogP contribution in [-0.2, 0) is 25.7 Å². The Kier molecular flexibility index (Phi) is 7.38. The van der Waals surface area contributed by atoms with E-state index in [9.17, 15) is 9.59 Å². The van der Waals surface area contributed by atoms with E-state index in [1.54, 1.807) is 9.13 Å². The monoisotopic (exact) mass is 450 g/mol. The molecule has 0 spiro atoms. The van der Waals surface area contributed by atoms with Gasteiger partial charge in [0.05, 0.1) is 12.8 Å². The van der Waals surface area contributed by atoms with E-state index in [1.807, 2.05) is 97.3 Å². The quantitative estimate of drug-likeness (QED) is 0.379. The van der Waals surface area contributed by atoms with Gasteiger partial charge in [-0.1, -0.05) is 74.5 Å². The van der Waals surface area contributed by atoms with Crippen LogP contribution in [0.1, 0.15) is 46.0 Å². The van der Waals surface area contributed by atoms with E-state index in [0.29, 0.717) is 12.8 Å². The molecule has 170 valence electrons. The number of pyridine rings is 2. The minimum Gasteiger partial charge on any atom is -0.219 e. The highest BCUT2D eigenvalue weighted by atomic mass is 16.2. The Balaban J connectivity index is 1.42. The molecule has 0 unspecified atom stereocenters. The molecule has 4 aromatic rings. The van der Waals surface area contributed by atoms with Crippen molar-refractivity contribution in [3.05, 3.63) is 120 Å². The van der Waals surface area contributed by atoms with Crippen LogP contribution < -0.4 is 9.13 Å². The summed E-state index contributed by atoms with van der Waals surface area (Å²) < 4.78 is 3.48. The topological polar surface area (TPSA) is 41.9 Å². The van der Waals surface area contributed by atoms with E-state index in [1.165, 1.54) is 0 Å². The lowest BCUT2D eigenvalue weighted by atomic mass is 10.0. The van der Waals surface area contributed by atoms with Crippen LogP contribution in [0.5, 0.6) is 0 Å². The highest BCUT2D eigenvalue weighted by molar-refractivity contribution is 5.73. The second-order valence-electron chi connectivity index (χ2n) is 8.37. The van der Waals surface area contributed by atoms with Crippen molar-refractivity contribution in [2.75, 3.05) is 0 Å². The average Bonchev–Trinajstić information content (AvgIpc) is 2.89. The van der Waals surface area contributed by atoms with Crippen LogP contribution in [0.25, 0.3) is 11.1 Å². The number of rotatable bonds is 7. The fourth-order valence-corrected chi connectivity index (χ4v) is 4.17. The number of aryl methyl sites for hydroxylation is 2. The first-order chi connectivity index (χ1) is 16.6. The van der Waals surface area contributed by atoms with E-state index in [4.69, 9.17) is 0 Å². The predicted molar refractivity (Wildman–Crippen MR) is 133 cm³/mol. The molecule has 4 rings (SSSR count). The average molecular weight is 451 g/mol. The van der Waals surface area contributed by atoms with Crippen molar-refractivity contribution in [1.29, 1.82) is 0 Å². The number of benzene rings is 2. The zero-order valence-corrected chi connectivity index (χ0v) is 19.8. The molecule has 0 fully saturated rings. The van der Waals surface area contributed by atoms with Crippen molar-refractivity contribution in [3.8, 4) is 11.1 Å². The molecule has 34 heavy (non-hydrogen) atoms. The molecule has 0 atom stereocenters. The largest absolute Gasteiger partial charge is 0.396 e. The van der Waals surface area contributed by atoms with E-state index in [0.717, 1.165) is 46.5 Å². The zero-order chi connectivity index (χ0) is 23.9. The number of nitrogens with zero attached hydrogens (tertiary/aromatic N) is 2. The maximum Gasteiger partial charge on any atom is 0.396 e. The third-order valence-electron chi connectivity index (χ3n) is 6.10. The molecule has 0 aliphatic carbocycles. The fraction of sp³-hybridized carbons (Fsp3) is 0.200. The first-order valence-corrected chi connectivity index (χ1v) is 11.8. The van der Waals surface area contributed by atoms with Gasteiger partial charge >= 0.3 is 11.8 Å². The summed E-state index contributed by atoms with van der Waals surface area (Å²) in [6, 6.07) is 27.9. The third-order valence-corrected chi connectivity index (χ3v) is 6.10. The van der Waals surface area contributed by atoms with E-state index < -0.39 is 0 Å². The lowest BCUT2D eigenvalue weighted by Gasteiger charge is -2.06. The fourth-order valence-electron chi connectivity index (χ4n) is 4.17. The number of aromatic nitrogens is 2. The number of hydrogen-bond acceptors (Lipinski definition) is 2. The molecule has 0 bridgehead atoms. The van der Waals surface area contributed by atoms with Gasteiger partial charge in [-0.25, -0.2) is 9.59 Å². The molecule has 0 aliphatic heterocycles. The van der Waals surface area contributed by atoms with Crippen molar-refractivity contribution >= 4 is 11.8 Å². The molecule has 0 saturated carbocycles. The van der Waals surface area contributed by atoms with Crippen molar-refractivity contribution in [2.24, 2.45) is 0 Å². The Morgan fingerprint density at radius 1 is 0.559 bits per heavy atom. The SMILES string of the molecule is CCc1cccc[n+]1C(=O)Cc1ccc(-c2ccc(CC(=O)[n+]3ccccc3CC)cc2)cc1. The molecule has 2 aromatic carbocycles. The minimum absolute atomic E-state index is 0.0711. The van der Waals surface area contributed by atoms with E-state index >= 15 is 0 Å². The molecule has 0 radical (unpaired) electrons. The van der Waals surface area contributed by atoms with Crippen LogP contribution in [0.3, 0.4) is 0 Å². The van der Waals surface area contributed by atoms with Crippen molar-refractivity contribution < 1.29 is 18.7 Å². The van der Waals surface area contributed by atoms with E-state index in [-0.39, 0.29) is 11.8 Å². The van der Waals surface area contributed by atoms with Gasteiger partial charge in [0.15, 0.2) is 23.8 Å². The second kappa shape index (κ2) is 10.8. The van der Waals surface area contributed by atoms with Crippen LogP contribution in [0.15, 0.2) is 97.3 Å². The van der Waals surface area contributed by atoms with Crippen molar-refractivity contribution in [1.82, 2.24) is 0 Å². The first-order valence-electron chi connectivity index (χ1n) is 11.8. The van der Waals surface area contributed by atoms with Crippen molar-refractivity contribution in [3.63, 3.8) is 0 Å². The third kappa shape index (κ3) is 5.34. The highest BCUT2D eigenvalue weighted by Gasteiger charge is 2.20. The maximum absolute atomic E-state index is 12.8. The molecule has 0 saturated heterocycles. The summed E-state index contributed by atoms with van der Waals surface area (Å²) in [6.45, 7) is 4.11. The first kappa shape index (κ1) is 23.2. The molecule has 0 amide bonds. The van der Waals surface area contributed by atoms with Gasteiger partial charge in [0.1, 0.15) is 0 Å². The normalized spacial score (nSPS) is 10.8. The zero-order valence-electron chi connectivity index (χ0n) is 19.8. The van der Waals surface area contributed by atoms with E-state index in [2.05, 4.69) is 13.8 Å². The molecular formula is C30H30N2O2+2. The Bertz CT molecular complexity index is 1190. The van der Waals surface area contributed by atoms with Crippen LogP contribution >= 0.6 is 0 Å². The van der Waals surface area contributed by atoms with Crippen molar-refractivity contribution in [2.45, 2.75) is 39.5 Å². The Hall–Kier alpha value is -3.92. The minimum atomic E-state index is 0.0711. The summed E-state index contributed by atoms with van der Waals surface area (Å²) in [6.07, 6.45) is 6.02. The van der Waals surface area contributed by atoms with Gasteiger partial charge in [0, 0.05) is 37.1 Å². The summed E-state index contributed by atoms with van der Waals surface area (Å²) in [5, 5.41) is 0. The Morgan fingerprint density at radius 2 is 0.941 bits per heavy atom. The van der Waals surface area contributed by atoms with Gasteiger partial charge in [-0.05, 0) is 22.3 Å². The van der Waals surface area contributed by atoms with Gasteiger partial charge < -0.3 is 0 Å². The second-order valence-corrected chi connectivity index (χ2v) is 8.37. The highest BCUT2D eigenvalue weighted by Crippen LogP contribution is 2.21. The number of carbonyl (C=O) groups excluding carboxylic acids is 2. The van der Waals surface area contributed by atoms with Gasteiger partial charge in [-0.15, -0.1) is 9.13 Å². The van der Waals surface area contributed by atoms with Gasteiger partial charge in [-0.2, -0.15) is 0 Å². The lowest BCUT2D eigenvalue weighted by Crippen LogP contribution is -2.46. The Labute approximate surface area is 201 Å². The molecular weight excluding hydrogens is 420 g/mol. The summed E-state index contributed by atoms with van der Waals surface area (Å²) in [4.78, 5) is 25.5. The lowest BCUT2D eigenvalue weighted by molar-refractivity contribution is -0.583. The van der Waals surface area contributed by atoms with Crippen LogP contribution in [0.2, 0.25) is 0 Å². The van der Waals surface area contributed by atoms with Gasteiger partial charge in [-0.3, -0.25) is 0 Å².